The summed E-state index contributed by atoms with van der Waals surface area (Å²) in [6.45, 7) is 6.30. The van der Waals surface area contributed by atoms with E-state index in [2.05, 4.69) is 4.72 Å². The zero-order valence-corrected chi connectivity index (χ0v) is 18.3. The van der Waals surface area contributed by atoms with Crippen molar-refractivity contribution >= 4 is 15.9 Å². The van der Waals surface area contributed by atoms with Crippen molar-refractivity contribution in [2.75, 3.05) is 20.4 Å². The van der Waals surface area contributed by atoms with E-state index >= 15 is 0 Å². The lowest BCUT2D eigenvalue weighted by Gasteiger charge is -2.22. The van der Waals surface area contributed by atoms with E-state index in [0.717, 1.165) is 5.56 Å². The molecule has 162 valence electrons. The Morgan fingerprint density at radius 3 is 2.57 bits per heavy atom. The van der Waals surface area contributed by atoms with Crippen LogP contribution in [0, 0.1) is 0 Å². The van der Waals surface area contributed by atoms with Gasteiger partial charge in [-0.3, -0.25) is 4.79 Å². The van der Waals surface area contributed by atoms with Crippen molar-refractivity contribution < 1.29 is 27.4 Å². The number of ether oxygens (including phenoxy) is 3. The summed E-state index contributed by atoms with van der Waals surface area (Å²) in [5.41, 5.74) is 1.15. The van der Waals surface area contributed by atoms with E-state index in [1.165, 1.54) is 19.2 Å². The normalized spacial score (nSPS) is 12.8. The molecule has 0 radical (unpaired) electrons. The van der Waals surface area contributed by atoms with E-state index in [4.69, 9.17) is 14.2 Å². The van der Waals surface area contributed by atoms with Gasteiger partial charge in [-0.15, -0.1) is 0 Å². The minimum atomic E-state index is -3.83. The third-order valence-electron chi connectivity index (χ3n) is 4.57. The molecule has 1 aliphatic heterocycles. The Hall–Kier alpha value is -2.78. The average molecular weight is 435 g/mol. The number of sulfonamides is 1. The highest BCUT2D eigenvalue weighted by atomic mass is 32.2. The van der Waals surface area contributed by atoms with Crippen LogP contribution in [0.5, 0.6) is 17.2 Å². The number of carbonyl (C=O) groups excluding carboxylic acids is 1. The Labute approximate surface area is 176 Å². The summed E-state index contributed by atoms with van der Waals surface area (Å²) in [6, 6.07) is 9.65. The molecule has 1 amide bonds. The maximum atomic E-state index is 13.1. The van der Waals surface area contributed by atoms with Crippen molar-refractivity contribution in [2.24, 2.45) is 0 Å². The number of methoxy groups -OCH3 is 1. The summed E-state index contributed by atoms with van der Waals surface area (Å²) in [5.74, 6) is 1.22. The van der Waals surface area contributed by atoms with Crippen LogP contribution < -0.4 is 18.9 Å². The van der Waals surface area contributed by atoms with E-state index in [0.29, 0.717) is 24.6 Å². The van der Waals surface area contributed by atoms with Gasteiger partial charge in [0.15, 0.2) is 11.5 Å². The summed E-state index contributed by atoms with van der Waals surface area (Å²) in [4.78, 5) is 14.7. The number of nitrogens with zero attached hydrogens (tertiary/aromatic N) is 1. The molecule has 0 atom stereocenters. The van der Waals surface area contributed by atoms with Crippen molar-refractivity contribution in [1.29, 1.82) is 0 Å². The van der Waals surface area contributed by atoms with Crippen molar-refractivity contribution in [3.8, 4) is 17.2 Å². The Balaban J connectivity index is 1.88. The van der Waals surface area contributed by atoms with Crippen LogP contribution in [0.4, 0.5) is 0 Å². The maximum Gasteiger partial charge on any atom is 0.254 e. The van der Waals surface area contributed by atoms with Gasteiger partial charge in [-0.25, -0.2) is 13.1 Å². The van der Waals surface area contributed by atoms with E-state index in [1.807, 2.05) is 25.1 Å². The number of hydrogen-bond donors (Lipinski definition) is 1. The van der Waals surface area contributed by atoms with Crippen molar-refractivity contribution in [2.45, 2.75) is 38.3 Å². The molecule has 3 rings (SSSR count). The highest BCUT2D eigenvalue weighted by molar-refractivity contribution is 7.89. The summed E-state index contributed by atoms with van der Waals surface area (Å²) in [6.07, 6.45) is 0. The molecule has 0 fully saturated rings. The number of fused-ring (bicyclic) bond motifs is 1. The molecule has 0 unspecified atom stereocenters. The highest BCUT2D eigenvalue weighted by Crippen LogP contribution is 2.33. The van der Waals surface area contributed by atoms with E-state index < -0.39 is 10.0 Å². The van der Waals surface area contributed by atoms with Crippen LogP contribution in [0.1, 0.15) is 36.7 Å². The van der Waals surface area contributed by atoms with Crippen LogP contribution in [0.2, 0.25) is 0 Å². The molecule has 2 aromatic rings. The molecule has 1 heterocycles. The maximum absolute atomic E-state index is 13.1. The number of nitrogens with one attached hydrogen (secondary N) is 1. The number of rotatable bonds is 8. The number of hydrogen-bond acceptors (Lipinski definition) is 6. The fraction of sp³-hybridized carbons (Fsp3) is 0.381. The monoisotopic (exact) mass is 434 g/mol. The molecule has 0 aromatic heterocycles. The SMILES string of the molecule is CCN(Cc1ccc2c(c1)OCO2)C(=O)c1ccc(OC)c(S(=O)(=O)NC(C)C)c1. The zero-order chi connectivity index (χ0) is 21.9. The summed E-state index contributed by atoms with van der Waals surface area (Å²) >= 11 is 0. The third-order valence-corrected chi connectivity index (χ3v) is 6.25. The van der Waals surface area contributed by atoms with Crippen LogP contribution in [0.3, 0.4) is 0 Å². The van der Waals surface area contributed by atoms with Gasteiger partial charge in [0.2, 0.25) is 16.8 Å². The first kappa shape index (κ1) is 21.9. The molecule has 0 spiro atoms. The predicted octanol–water partition coefficient (Wildman–Crippen LogP) is 2.77. The smallest absolute Gasteiger partial charge is 0.254 e. The van der Waals surface area contributed by atoms with Gasteiger partial charge in [-0.2, -0.15) is 0 Å². The highest BCUT2D eigenvalue weighted by Gasteiger charge is 2.24. The lowest BCUT2D eigenvalue weighted by atomic mass is 10.1. The van der Waals surface area contributed by atoms with Gasteiger partial charge < -0.3 is 19.1 Å². The fourth-order valence-electron chi connectivity index (χ4n) is 3.16. The first-order valence-corrected chi connectivity index (χ1v) is 11.1. The average Bonchev–Trinajstić information content (AvgIpc) is 3.18. The van der Waals surface area contributed by atoms with Crippen LogP contribution in [-0.4, -0.2) is 45.7 Å². The Kier molecular flexibility index (Phi) is 6.52. The van der Waals surface area contributed by atoms with Gasteiger partial charge in [0.1, 0.15) is 10.6 Å². The summed E-state index contributed by atoms with van der Waals surface area (Å²) < 4.78 is 43.8. The van der Waals surface area contributed by atoms with Gasteiger partial charge in [-0.05, 0) is 56.7 Å². The second-order valence-corrected chi connectivity index (χ2v) is 8.83. The number of amides is 1. The fourth-order valence-corrected chi connectivity index (χ4v) is 4.61. The minimum Gasteiger partial charge on any atom is -0.495 e. The molecular formula is C21H26N2O6S. The first-order valence-electron chi connectivity index (χ1n) is 9.63. The Morgan fingerprint density at radius 2 is 1.90 bits per heavy atom. The molecule has 8 nitrogen and oxygen atoms in total. The van der Waals surface area contributed by atoms with Gasteiger partial charge in [-0.1, -0.05) is 6.07 Å². The first-order chi connectivity index (χ1) is 14.2. The van der Waals surface area contributed by atoms with E-state index in [-0.39, 0.29) is 35.0 Å². The van der Waals surface area contributed by atoms with Crippen LogP contribution in [0.25, 0.3) is 0 Å². The Bertz CT molecular complexity index is 1040. The predicted molar refractivity (Wildman–Crippen MR) is 111 cm³/mol. The van der Waals surface area contributed by atoms with Crippen LogP contribution in [0.15, 0.2) is 41.3 Å². The molecule has 1 aliphatic rings. The summed E-state index contributed by atoms with van der Waals surface area (Å²) in [7, 11) is -2.44. The molecule has 9 heteroatoms. The largest absolute Gasteiger partial charge is 0.495 e. The second kappa shape index (κ2) is 8.93. The van der Waals surface area contributed by atoms with Crippen molar-refractivity contribution in [1.82, 2.24) is 9.62 Å². The van der Waals surface area contributed by atoms with Crippen molar-refractivity contribution in [3.63, 3.8) is 0 Å². The van der Waals surface area contributed by atoms with Gasteiger partial charge in [0.25, 0.3) is 5.91 Å². The molecule has 30 heavy (non-hydrogen) atoms. The molecule has 0 saturated heterocycles. The molecule has 0 aliphatic carbocycles. The lowest BCUT2D eigenvalue weighted by molar-refractivity contribution is 0.0752. The van der Waals surface area contributed by atoms with Gasteiger partial charge >= 0.3 is 0 Å². The number of benzene rings is 2. The summed E-state index contributed by atoms with van der Waals surface area (Å²) in [5, 5.41) is 0. The van der Waals surface area contributed by atoms with Crippen LogP contribution in [-0.2, 0) is 16.6 Å². The van der Waals surface area contributed by atoms with Crippen LogP contribution >= 0.6 is 0 Å². The molecule has 2 aromatic carbocycles. The van der Waals surface area contributed by atoms with Gasteiger partial charge in [0.05, 0.1) is 7.11 Å². The standard InChI is InChI=1S/C21H26N2O6S/c1-5-23(12-15-6-8-17-19(10-15)29-13-28-17)21(24)16-7-9-18(27-4)20(11-16)30(25,26)22-14(2)3/h6-11,14,22H,5,12-13H2,1-4H3. The zero-order valence-electron chi connectivity index (χ0n) is 17.5. The van der Waals surface area contributed by atoms with Gasteiger partial charge in [0, 0.05) is 24.7 Å². The molecule has 0 saturated carbocycles. The molecule has 0 bridgehead atoms. The minimum absolute atomic E-state index is 0.0660. The topological polar surface area (TPSA) is 94.2 Å². The van der Waals surface area contributed by atoms with E-state index in [9.17, 15) is 13.2 Å². The number of carbonyl (C=O) groups is 1. The molecular weight excluding hydrogens is 408 g/mol. The Morgan fingerprint density at radius 1 is 1.17 bits per heavy atom. The van der Waals surface area contributed by atoms with E-state index in [1.54, 1.807) is 24.8 Å². The molecule has 1 N–H and O–H groups in total. The lowest BCUT2D eigenvalue weighted by Crippen LogP contribution is -2.32. The van der Waals surface area contributed by atoms with Crippen molar-refractivity contribution in [3.05, 3.63) is 47.5 Å². The second-order valence-electron chi connectivity index (χ2n) is 7.15. The third kappa shape index (κ3) is 4.68. The quantitative estimate of drug-likeness (QED) is 0.687.